The zero-order valence-corrected chi connectivity index (χ0v) is 13.6. The molecule has 21 heavy (non-hydrogen) atoms. The predicted molar refractivity (Wildman–Crippen MR) is 84.1 cm³/mol. The summed E-state index contributed by atoms with van der Waals surface area (Å²) in [6, 6.07) is 7.13. The summed E-state index contributed by atoms with van der Waals surface area (Å²) in [5.41, 5.74) is 1.45. The lowest BCUT2D eigenvalue weighted by Crippen LogP contribution is -2.44. The number of rotatable bonds is 5. The third-order valence-corrected chi connectivity index (χ3v) is 5.94. The van der Waals surface area contributed by atoms with E-state index in [1.165, 1.54) is 6.42 Å². The molecule has 1 aliphatic rings. The van der Waals surface area contributed by atoms with E-state index in [9.17, 15) is 8.42 Å². The number of hydrogen-bond donors (Lipinski definition) is 2. The van der Waals surface area contributed by atoms with Crippen LogP contribution in [0, 0.1) is 11.8 Å². The molecule has 1 aromatic carbocycles. The van der Waals surface area contributed by atoms with Gasteiger partial charge in [-0.25, -0.2) is 13.1 Å². The maximum atomic E-state index is 12.3. The molecule has 118 valence electrons. The van der Waals surface area contributed by atoms with Crippen molar-refractivity contribution < 1.29 is 13.5 Å². The molecular formula is C16H25NO3S. The van der Waals surface area contributed by atoms with Crippen molar-refractivity contribution in [2.75, 3.05) is 0 Å². The zero-order valence-electron chi connectivity index (χ0n) is 12.7. The Bertz CT molecular complexity index is 571. The van der Waals surface area contributed by atoms with E-state index in [4.69, 9.17) is 5.11 Å². The first-order valence-electron chi connectivity index (χ1n) is 7.60. The lowest BCUT2D eigenvalue weighted by Gasteiger charge is -2.34. The molecule has 1 aromatic rings. The van der Waals surface area contributed by atoms with Crippen LogP contribution in [0.5, 0.6) is 0 Å². The molecule has 0 bridgehead atoms. The standard InChI is InChI=1S/C16H25NO3S/c1-12-5-3-8-16(13(12)2)17-21(19,20)11-15-7-4-6-14(9-15)10-18/h4,6-7,9,12-13,16-18H,3,5,8,10-11H2,1-2H3. The summed E-state index contributed by atoms with van der Waals surface area (Å²) < 4.78 is 27.6. The summed E-state index contributed by atoms with van der Waals surface area (Å²) >= 11 is 0. The second kappa shape index (κ2) is 6.90. The van der Waals surface area contributed by atoms with E-state index < -0.39 is 10.0 Å². The predicted octanol–water partition coefficient (Wildman–Crippen LogP) is 2.42. The smallest absolute Gasteiger partial charge is 0.216 e. The Kier molecular flexibility index (Phi) is 5.41. The first kappa shape index (κ1) is 16.5. The van der Waals surface area contributed by atoms with Gasteiger partial charge in [0.05, 0.1) is 12.4 Å². The lowest BCUT2D eigenvalue weighted by atomic mass is 9.78. The summed E-state index contributed by atoms with van der Waals surface area (Å²) in [5, 5.41) is 9.12. The number of nitrogens with one attached hydrogen (secondary N) is 1. The van der Waals surface area contributed by atoms with Crippen molar-refractivity contribution >= 4 is 10.0 Å². The van der Waals surface area contributed by atoms with Gasteiger partial charge in [-0.3, -0.25) is 0 Å². The quantitative estimate of drug-likeness (QED) is 0.877. The van der Waals surface area contributed by atoms with Crippen molar-refractivity contribution in [2.24, 2.45) is 11.8 Å². The Morgan fingerprint density at radius 2 is 1.95 bits per heavy atom. The van der Waals surface area contributed by atoms with Gasteiger partial charge in [-0.1, -0.05) is 51.0 Å². The van der Waals surface area contributed by atoms with E-state index >= 15 is 0 Å². The zero-order chi connectivity index (χ0) is 15.5. The van der Waals surface area contributed by atoms with Gasteiger partial charge in [-0.2, -0.15) is 0 Å². The van der Waals surface area contributed by atoms with Crippen molar-refractivity contribution in [2.45, 2.75) is 51.5 Å². The van der Waals surface area contributed by atoms with Gasteiger partial charge >= 0.3 is 0 Å². The third kappa shape index (κ3) is 4.53. The molecule has 1 aliphatic carbocycles. The maximum Gasteiger partial charge on any atom is 0.216 e. The van der Waals surface area contributed by atoms with E-state index in [0.29, 0.717) is 17.4 Å². The molecule has 0 spiro atoms. The summed E-state index contributed by atoms with van der Waals surface area (Å²) in [6.45, 7) is 4.25. The van der Waals surface area contributed by atoms with Crippen molar-refractivity contribution in [1.82, 2.24) is 4.72 Å². The molecule has 2 rings (SSSR count). The van der Waals surface area contributed by atoms with Crippen molar-refractivity contribution in [3.8, 4) is 0 Å². The van der Waals surface area contributed by atoms with Crippen LogP contribution in [0.3, 0.4) is 0 Å². The molecule has 3 unspecified atom stereocenters. The Hall–Kier alpha value is -0.910. The summed E-state index contributed by atoms with van der Waals surface area (Å²) in [7, 11) is -3.35. The fourth-order valence-corrected chi connectivity index (χ4v) is 4.55. The van der Waals surface area contributed by atoms with Gasteiger partial charge in [0, 0.05) is 6.04 Å². The van der Waals surface area contributed by atoms with Crippen LogP contribution in [-0.2, 0) is 22.4 Å². The van der Waals surface area contributed by atoms with Crippen LogP contribution >= 0.6 is 0 Å². The van der Waals surface area contributed by atoms with E-state index in [-0.39, 0.29) is 18.4 Å². The van der Waals surface area contributed by atoms with Crippen LogP contribution in [0.25, 0.3) is 0 Å². The second-order valence-electron chi connectivity index (χ2n) is 6.23. The van der Waals surface area contributed by atoms with Gasteiger partial charge < -0.3 is 5.11 Å². The first-order chi connectivity index (χ1) is 9.91. The van der Waals surface area contributed by atoms with E-state index in [0.717, 1.165) is 18.4 Å². The highest BCUT2D eigenvalue weighted by Gasteiger charge is 2.30. The van der Waals surface area contributed by atoms with E-state index in [1.54, 1.807) is 24.3 Å². The van der Waals surface area contributed by atoms with Crippen LogP contribution in [-0.4, -0.2) is 19.6 Å². The van der Waals surface area contributed by atoms with Crippen LogP contribution < -0.4 is 4.72 Å². The molecule has 1 saturated carbocycles. The highest BCUT2D eigenvalue weighted by molar-refractivity contribution is 7.88. The maximum absolute atomic E-state index is 12.3. The van der Waals surface area contributed by atoms with Crippen LogP contribution in [0.15, 0.2) is 24.3 Å². The SMILES string of the molecule is CC1CCCC(NS(=O)(=O)Cc2cccc(CO)c2)C1C. The summed E-state index contributed by atoms with van der Waals surface area (Å²) in [4.78, 5) is 0. The molecule has 0 heterocycles. The molecule has 0 aromatic heterocycles. The molecule has 0 aliphatic heterocycles. The van der Waals surface area contributed by atoms with Gasteiger partial charge in [0.15, 0.2) is 0 Å². The Balaban J connectivity index is 2.04. The average Bonchev–Trinajstić information content (AvgIpc) is 2.43. The molecule has 5 heteroatoms. The van der Waals surface area contributed by atoms with Gasteiger partial charge in [0.1, 0.15) is 0 Å². The minimum Gasteiger partial charge on any atom is -0.392 e. The topological polar surface area (TPSA) is 66.4 Å². The van der Waals surface area contributed by atoms with Gasteiger partial charge in [-0.05, 0) is 29.4 Å². The fourth-order valence-electron chi connectivity index (χ4n) is 3.06. The van der Waals surface area contributed by atoms with Gasteiger partial charge in [0.25, 0.3) is 0 Å². The van der Waals surface area contributed by atoms with Crippen molar-refractivity contribution in [3.05, 3.63) is 35.4 Å². The fraction of sp³-hybridized carbons (Fsp3) is 0.625. The van der Waals surface area contributed by atoms with Crippen LogP contribution in [0.1, 0.15) is 44.2 Å². The average molecular weight is 311 g/mol. The van der Waals surface area contributed by atoms with Crippen LogP contribution in [0.4, 0.5) is 0 Å². The number of benzene rings is 1. The lowest BCUT2D eigenvalue weighted by molar-refractivity contribution is 0.227. The van der Waals surface area contributed by atoms with E-state index in [2.05, 4.69) is 18.6 Å². The summed E-state index contributed by atoms with van der Waals surface area (Å²) in [5.74, 6) is 0.903. The molecule has 2 N–H and O–H groups in total. The number of hydrogen-bond acceptors (Lipinski definition) is 3. The van der Waals surface area contributed by atoms with Gasteiger partial charge in [-0.15, -0.1) is 0 Å². The minimum absolute atomic E-state index is 0.0293. The number of aliphatic hydroxyl groups excluding tert-OH is 1. The molecule has 0 saturated heterocycles. The van der Waals surface area contributed by atoms with Crippen molar-refractivity contribution in [3.63, 3.8) is 0 Å². The molecule has 0 amide bonds. The largest absolute Gasteiger partial charge is 0.392 e. The Labute approximate surface area is 127 Å². The molecule has 0 radical (unpaired) electrons. The third-order valence-electron chi connectivity index (χ3n) is 4.57. The number of aliphatic hydroxyl groups is 1. The van der Waals surface area contributed by atoms with Crippen molar-refractivity contribution in [1.29, 1.82) is 0 Å². The van der Waals surface area contributed by atoms with E-state index in [1.807, 2.05) is 0 Å². The highest BCUT2D eigenvalue weighted by Crippen LogP contribution is 2.30. The second-order valence-corrected chi connectivity index (χ2v) is 7.98. The van der Waals surface area contributed by atoms with Crippen LogP contribution in [0.2, 0.25) is 0 Å². The monoisotopic (exact) mass is 311 g/mol. The van der Waals surface area contributed by atoms with Gasteiger partial charge in [0.2, 0.25) is 10.0 Å². The molecule has 4 nitrogen and oxygen atoms in total. The normalized spacial score (nSPS) is 26.7. The molecule has 3 atom stereocenters. The Morgan fingerprint density at radius 3 is 2.67 bits per heavy atom. The minimum atomic E-state index is -3.35. The Morgan fingerprint density at radius 1 is 1.24 bits per heavy atom. The first-order valence-corrected chi connectivity index (χ1v) is 9.25. The molecular weight excluding hydrogens is 286 g/mol. The number of sulfonamides is 1. The summed E-state index contributed by atoms with van der Waals surface area (Å²) in [6.07, 6.45) is 3.18. The molecule has 1 fully saturated rings. The highest BCUT2D eigenvalue weighted by atomic mass is 32.2.